The Kier molecular flexibility index (Phi) is 12.0. The summed E-state index contributed by atoms with van der Waals surface area (Å²) in [5, 5.41) is 35.5. The van der Waals surface area contributed by atoms with Crippen molar-refractivity contribution in [2.24, 2.45) is 0 Å². The number of halogens is 2. The van der Waals surface area contributed by atoms with E-state index in [0.717, 1.165) is 5.56 Å². The molecule has 0 spiro atoms. The normalized spacial score (nSPS) is 12.8. The molecule has 3 rings (SSSR count). The van der Waals surface area contributed by atoms with Gasteiger partial charge in [0.2, 0.25) is 0 Å². The molecule has 0 aliphatic carbocycles. The first-order valence-electron chi connectivity index (χ1n) is 12.1. The molecule has 2 aromatic carbocycles. The molecule has 0 aliphatic rings. The quantitative estimate of drug-likeness (QED) is 0.321. The first-order valence-corrected chi connectivity index (χ1v) is 12.1. The molecule has 202 valence electrons. The number of rotatable bonds is 11. The van der Waals surface area contributed by atoms with E-state index in [-0.39, 0.29) is 60.0 Å². The van der Waals surface area contributed by atoms with Crippen molar-refractivity contribution >= 4 is 18.0 Å². The molecule has 2 N–H and O–H groups in total. The number of hydrogen-bond acceptors (Lipinski definition) is 6. The van der Waals surface area contributed by atoms with Crippen LogP contribution in [0.4, 0.5) is 8.78 Å². The maximum atomic E-state index is 13.6. The minimum absolute atomic E-state index is 0. The number of hydrogen-bond donors (Lipinski definition) is 2. The van der Waals surface area contributed by atoms with Crippen LogP contribution in [0.5, 0.6) is 0 Å². The molecule has 3 aromatic rings. The number of nitrogens with zero attached hydrogens (tertiary/aromatic N) is 3. The Balaban J connectivity index is 0.00000533. The number of carbonyl (C=O) groups excluding carboxylic acids is 2. The summed E-state index contributed by atoms with van der Waals surface area (Å²) in [7, 11) is 1.60. The smallest absolute Gasteiger partial charge is 0.550 e. The first-order chi connectivity index (χ1) is 18.0. The Hall–Kier alpha value is -2.89. The molecule has 8 nitrogen and oxygen atoms in total. The molecule has 0 unspecified atom stereocenters. The Labute approximate surface area is 247 Å². The molecule has 2 atom stereocenters. The summed E-state index contributed by atoms with van der Waals surface area (Å²) in [4.78, 5) is 25.7. The summed E-state index contributed by atoms with van der Waals surface area (Å²) in [6, 6.07) is 11.3. The monoisotopic (exact) mass is 549 g/mol. The maximum Gasteiger partial charge on any atom is 1.00 e. The van der Waals surface area contributed by atoms with E-state index in [1.165, 1.54) is 52.1 Å². The van der Waals surface area contributed by atoms with E-state index in [1.54, 1.807) is 25.3 Å². The van der Waals surface area contributed by atoms with Crippen LogP contribution in [-0.4, -0.2) is 56.0 Å². The van der Waals surface area contributed by atoms with Crippen LogP contribution < -0.4 is 34.7 Å². The molecule has 1 heterocycles. The van der Waals surface area contributed by atoms with Crippen LogP contribution in [-0.2, 0) is 11.3 Å². The van der Waals surface area contributed by atoms with Gasteiger partial charge in [-0.25, -0.2) is 13.5 Å². The van der Waals surface area contributed by atoms with E-state index in [4.69, 9.17) is 0 Å². The standard InChI is InChI=1S/C28H31F2N3O5.Na/c1-17(2)26-24(13-12-22(34)14-23(35)15-25(36)37)33(21-10-8-20(30)9-11-21)31-27(26)28(38)32(3)16-18-4-6-19(29)7-5-18;/h4-13,17,22-23,34-35H,14-16H2,1-3H3,(H,36,37);/q;+1/p-1/t22-,23+;/m0./s1. The van der Waals surface area contributed by atoms with Crippen molar-refractivity contribution in [1.82, 2.24) is 14.7 Å². The van der Waals surface area contributed by atoms with Gasteiger partial charge >= 0.3 is 29.6 Å². The predicted octanol–water partition coefficient (Wildman–Crippen LogP) is -0.185. The number of aromatic nitrogens is 2. The van der Waals surface area contributed by atoms with Crippen molar-refractivity contribution in [3.05, 3.63) is 88.8 Å². The number of benzene rings is 2. The summed E-state index contributed by atoms with van der Waals surface area (Å²) < 4.78 is 28.4. The van der Waals surface area contributed by atoms with E-state index < -0.39 is 36.3 Å². The summed E-state index contributed by atoms with van der Waals surface area (Å²) in [5.74, 6) is -2.84. The minimum Gasteiger partial charge on any atom is -0.550 e. The van der Waals surface area contributed by atoms with Gasteiger partial charge in [0.05, 0.1) is 23.6 Å². The van der Waals surface area contributed by atoms with Crippen LogP contribution in [0.3, 0.4) is 0 Å². The zero-order valence-corrected chi connectivity index (χ0v) is 24.3. The molecule has 0 saturated carbocycles. The van der Waals surface area contributed by atoms with Crippen molar-refractivity contribution in [3.8, 4) is 5.69 Å². The summed E-state index contributed by atoms with van der Waals surface area (Å²) in [5.41, 5.74) is 2.38. The fourth-order valence-electron chi connectivity index (χ4n) is 4.06. The average molecular weight is 550 g/mol. The fraction of sp³-hybridized carbons (Fsp3) is 0.321. The molecule has 0 radical (unpaired) electrons. The van der Waals surface area contributed by atoms with Crippen LogP contribution in [0.2, 0.25) is 0 Å². The van der Waals surface area contributed by atoms with Crippen LogP contribution >= 0.6 is 0 Å². The SMILES string of the molecule is CC(C)c1c(C(=O)N(C)Cc2ccc(F)cc2)nn(-c2ccc(F)cc2)c1C=C[C@H](O)C[C@@H](O)CC(=O)[O-].[Na+]. The van der Waals surface area contributed by atoms with Gasteiger partial charge in [0, 0.05) is 38.0 Å². The van der Waals surface area contributed by atoms with Gasteiger partial charge in [0.1, 0.15) is 11.6 Å². The zero-order valence-electron chi connectivity index (χ0n) is 22.3. The first kappa shape index (κ1) is 32.3. The number of aliphatic hydroxyl groups excluding tert-OH is 2. The molecular formula is C28H30F2N3NaO5. The Morgan fingerprint density at radius 3 is 2.15 bits per heavy atom. The van der Waals surface area contributed by atoms with E-state index in [2.05, 4.69) is 5.10 Å². The second-order valence-electron chi connectivity index (χ2n) is 9.37. The number of carboxylic acid groups (broad SMARTS) is 1. The van der Waals surface area contributed by atoms with E-state index in [1.807, 2.05) is 13.8 Å². The number of carboxylic acids is 1. The van der Waals surface area contributed by atoms with Crippen LogP contribution in [0.1, 0.15) is 59.9 Å². The van der Waals surface area contributed by atoms with Crippen LogP contribution in [0.25, 0.3) is 11.8 Å². The van der Waals surface area contributed by atoms with Crippen LogP contribution in [0, 0.1) is 11.6 Å². The second-order valence-corrected chi connectivity index (χ2v) is 9.37. The Morgan fingerprint density at radius 1 is 1.05 bits per heavy atom. The molecule has 11 heteroatoms. The van der Waals surface area contributed by atoms with Gasteiger partial charge in [0.15, 0.2) is 5.69 Å². The van der Waals surface area contributed by atoms with E-state index >= 15 is 0 Å². The molecule has 1 aromatic heterocycles. The molecule has 0 bridgehead atoms. The number of amides is 1. The second kappa shape index (κ2) is 14.5. The zero-order chi connectivity index (χ0) is 28.0. The summed E-state index contributed by atoms with van der Waals surface area (Å²) >= 11 is 0. The van der Waals surface area contributed by atoms with Gasteiger partial charge in [-0.3, -0.25) is 4.79 Å². The van der Waals surface area contributed by atoms with Gasteiger partial charge in [-0.1, -0.05) is 32.1 Å². The van der Waals surface area contributed by atoms with Gasteiger partial charge in [0.25, 0.3) is 5.91 Å². The van der Waals surface area contributed by atoms with Gasteiger partial charge in [-0.05, 0) is 54.0 Å². The average Bonchev–Trinajstić information content (AvgIpc) is 3.23. The van der Waals surface area contributed by atoms with Crippen molar-refractivity contribution in [1.29, 1.82) is 0 Å². The van der Waals surface area contributed by atoms with Crippen LogP contribution in [0.15, 0.2) is 54.6 Å². The predicted molar refractivity (Wildman–Crippen MR) is 135 cm³/mol. The Bertz CT molecular complexity index is 1290. The van der Waals surface area contributed by atoms with Gasteiger partial charge < -0.3 is 25.0 Å². The number of aliphatic carboxylic acids is 1. The maximum absolute atomic E-state index is 13.6. The van der Waals surface area contributed by atoms with Crippen molar-refractivity contribution in [3.63, 3.8) is 0 Å². The third-order valence-corrected chi connectivity index (χ3v) is 5.88. The third kappa shape index (κ3) is 8.81. The summed E-state index contributed by atoms with van der Waals surface area (Å²) in [6.45, 7) is 3.96. The topological polar surface area (TPSA) is 119 Å². The molecular weight excluding hydrogens is 519 g/mol. The third-order valence-electron chi connectivity index (χ3n) is 5.88. The molecule has 39 heavy (non-hydrogen) atoms. The minimum atomic E-state index is -1.43. The number of aliphatic hydroxyl groups is 2. The van der Waals surface area contributed by atoms with E-state index in [0.29, 0.717) is 16.9 Å². The summed E-state index contributed by atoms with van der Waals surface area (Å²) in [6.07, 6.45) is -0.436. The van der Waals surface area contributed by atoms with E-state index in [9.17, 15) is 33.7 Å². The van der Waals surface area contributed by atoms with Gasteiger partial charge in [-0.15, -0.1) is 0 Å². The Morgan fingerprint density at radius 2 is 1.62 bits per heavy atom. The molecule has 0 saturated heterocycles. The molecule has 1 amide bonds. The molecule has 0 aliphatic heterocycles. The van der Waals surface area contributed by atoms with Crippen molar-refractivity contribution < 1.29 is 63.2 Å². The number of carbonyl (C=O) groups is 2. The van der Waals surface area contributed by atoms with Gasteiger partial charge in [-0.2, -0.15) is 5.10 Å². The van der Waals surface area contributed by atoms with Crippen molar-refractivity contribution in [2.75, 3.05) is 7.05 Å². The fourth-order valence-corrected chi connectivity index (χ4v) is 4.06. The largest absolute Gasteiger partial charge is 1.00 e. The molecule has 0 fully saturated rings. The van der Waals surface area contributed by atoms with Crippen molar-refractivity contribution in [2.45, 2.75) is 51.4 Å².